The Hall–Kier alpha value is -3.19. The van der Waals surface area contributed by atoms with E-state index in [1.54, 1.807) is 18.2 Å². The lowest BCUT2D eigenvalue weighted by molar-refractivity contribution is -0.118. The van der Waals surface area contributed by atoms with Crippen molar-refractivity contribution >= 4 is 29.0 Å². The summed E-state index contributed by atoms with van der Waals surface area (Å²) in [5.74, 6) is -0.853. The average molecular weight is 425 g/mol. The molecule has 2 aromatic heterocycles. The molecule has 0 aliphatic rings. The van der Waals surface area contributed by atoms with Gasteiger partial charge in [-0.3, -0.25) is 9.59 Å². The molecule has 0 saturated carbocycles. The lowest BCUT2D eigenvalue weighted by Gasteiger charge is -2.10. The number of amides is 1. The summed E-state index contributed by atoms with van der Waals surface area (Å²) in [5, 5.41) is 2.72. The number of esters is 1. The average Bonchev–Trinajstić information content (AvgIpc) is 3.32. The summed E-state index contributed by atoms with van der Waals surface area (Å²) in [6, 6.07) is 14.8. The SMILES string of the molecule is CC(=O)NCCc1ccc(C(=O)COC(=O)c2ccc(-n3c(C)ccc3C)cc2)s1. The Morgan fingerprint density at radius 2 is 1.63 bits per heavy atom. The van der Waals surface area contributed by atoms with Gasteiger partial charge in [-0.2, -0.15) is 0 Å². The van der Waals surface area contributed by atoms with Gasteiger partial charge in [-0.25, -0.2) is 4.79 Å². The maximum absolute atomic E-state index is 12.3. The third-order valence-electron chi connectivity index (χ3n) is 4.65. The number of carbonyl (C=O) groups is 3. The van der Waals surface area contributed by atoms with Gasteiger partial charge in [0.15, 0.2) is 6.61 Å². The Balaban J connectivity index is 1.54. The Bertz CT molecular complexity index is 1040. The molecule has 0 bridgehead atoms. The molecule has 0 fully saturated rings. The minimum atomic E-state index is -0.529. The van der Waals surface area contributed by atoms with Crippen LogP contribution in [-0.4, -0.2) is 35.4 Å². The van der Waals surface area contributed by atoms with Gasteiger partial charge in [0.05, 0.1) is 10.4 Å². The largest absolute Gasteiger partial charge is 0.454 e. The number of nitrogens with one attached hydrogen (secondary N) is 1. The second-order valence-corrected chi connectivity index (χ2v) is 8.16. The van der Waals surface area contributed by atoms with Crippen LogP contribution >= 0.6 is 11.3 Å². The second-order valence-electron chi connectivity index (χ2n) is 7.00. The van der Waals surface area contributed by atoms with Crippen molar-refractivity contribution in [3.63, 3.8) is 0 Å². The van der Waals surface area contributed by atoms with Crippen molar-refractivity contribution < 1.29 is 19.1 Å². The van der Waals surface area contributed by atoms with Crippen LogP contribution in [0.25, 0.3) is 5.69 Å². The van der Waals surface area contributed by atoms with Gasteiger partial charge in [0, 0.05) is 35.4 Å². The summed E-state index contributed by atoms with van der Waals surface area (Å²) in [7, 11) is 0. The van der Waals surface area contributed by atoms with E-state index in [-0.39, 0.29) is 18.3 Å². The fourth-order valence-electron chi connectivity index (χ4n) is 3.13. The monoisotopic (exact) mass is 424 g/mol. The normalized spacial score (nSPS) is 10.6. The zero-order valence-electron chi connectivity index (χ0n) is 17.2. The molecular formula is C23H24N2O4S. The minimum absolute atomic E-state index is 0.0820. The molecule has 0 radical (unpaired) electrons. The first kappa shape index (κ1) is 21.5. The van der Waals surface area contributed by atoms with E-state index >= 15 is 0 Å². The molecule has 6 nitrogen and oxygen atoms in total. The maximum Gasteiger partial charge on any atom is 0.338 e. The summed E-state index contributed by atoms with van der Waals surface area (Å²) >= 11 is 1.35. The van der Waals surface area contributed by atoms with Gasteiger partial charge in [-0.05, 0) is 68.8 Å². The van der Waals surface area contributed by atoms with Gasteiger partial charge in [0.1, 0.15) is 0 Å². The number of aromatic nitrogens is 1. The molecule has 0 aliphatic carbocycles. The molecule has 3 aromatic rings. The first-order valence-corrected chi connectivity index (χ1v) is 10.5. The van der Waals surface area contributed by atoms with Crippen LogP contribution in [0.3, 0.4) is 0 Å². The third-order valence-corrected chi connectivity index (χ3v) is 5.83. The number of ketones is 1. The number of ether oxygens (including phenoxy) is 1. The first-order valence-electron chi connectivity index (χ1n) is 9.64. The summed E-state index contributed by atoms with van der Waals surface area (Å²) in [4.78, 5) is 37.1. The van der Waals surface area contributed by atoms with E-state index in [0.717, 1.165) is 22.0 Å². The van der Waals surface area contributed by atoms with E-state index < -0.39 is 5.97 Å². The van der Waals surface area contributed by atoms with Crippen LogP contribution in [0.5, 0.6) is 0 Å². The van der Waals surface area contributed by atoms with Gasteiger partial charge < -0.3 is 14.6 Å². The molecule has 0 atom stereocenters. The van der Waals surface area contributed by atoms with Crippen LogP contribution in [-0.2, 0) is 16.0 Å². The maximum atomic E-state index is 12.3. The second kappa shape index (κ2) is 9.54. The standard InChI is InChI=1S/C23H24N2O4S/c1-15-4-5-16(2)25(15)19-8-6-18(7-9-19)23(28)29-14-21(27)22-11-10-20(30-22)12-13-24-17(3)26/h4-11H,12-14H2,1-3H3,(H,24,26). The number of hydrogen-bond donors (Lipinski definition) is 1. The molecule has 0 spiro atoms. The highest BCUT2D eigenvalue weighted by molar-refractivity contribution is 7.14. The summed E-state index contributed by atoms with van der Waals surface area (Å²) < 4.78 is 7.29. The van der Waals surface area contributed by atoms with Crippen LogP contribution in [0, 0.1) is 13.8 Å². The number of aryl methyl sites for hydroxylation is 2. The molecule has 1 N–H and O–H groups in total. The highest BCUT2D eigenvalue weighted by atomic mass is 32.1. The lowest BCUT2D eigenvalue weighted by Crippen LogP contribution is -2.22. The molecule has 7 heteroatoms. The Morgan fingerprint density at radius 3 is 2.27 bits per heavy atom. The van der Waals surface area contributed by atoms with Crippen molar-refractivity contribution in [2.45, 2.75) is 27.2 Å². The number of hydrogen-bond acceptors (Lipinski definition) is 5. The van der Waals surface area contributed by atoms with Crippen LogP contribution in [0.1, 0.15) is 43.2 Å². The van der Waals surface area contributed by atoms with Crippen molar-refractivity contribution in [3.8, 4) is 5.69 Å². The Labute approximate surface area is 179 Å². The van der Waals surface area contributed by atoms with Crippen LogP contribution in [0.15, 0.2) is 48.5 Å². The molecule has 1 aromatic carbocycles. The van der Waals surface area contributed by atoms with Crippen LogP contribution < -0.4 is 5.32 Å². The quantitative estimate of drug-likeness (QED) is 0.440. The van der Waals surface area contributed by atoms with Crippen molar-refractivity contribution in [2.75, 3.05) is 13.2 Å². The number of benzene rings is 1. The fraction of sp³-hybridized carbons (Fsp3) is 0.261. The van der Waals surface area contributed by atoms with Gasteiger partial charge >= 0.3 is 5.97 Å². The van der Waals surface area contributed by atoms with Gasteiger partial charge in [0.2, 0.25) is 11.7 Å². The van der Waals surface area contributed by atoms with E-state index in [1.165, 1.54) is 18.3 Å². The molecule has 156 valence electrons. The fourth-order valence-corrected chi connectivity index (χ4v) is 4.06. The predicted octanol–water partition coefficient (Wildman–Crippen LogP) is 3.87. The third kappa shape index (κ3) is 5.24. The van der Waals surface area contributed by atoms with Gasteiger partial charge in [-0.15, -0.1) is 11.3 Å². The van der Waals surface area contributed by atoms with E-state index in [1.807, 2.05) is 44.2 Å². The molecule has 1 amide bonds. The predicted molar refractivity (Wildman–Crippen MR) is 117 cm³/mol. The number of carbonyl (C=O) groups excluding carboxylic acids is 3. The highest BCUT2D eigenvalue weighted by Gasteiger charge is 2.14. The lowest BCUT2D eigenvalue weighted by atomic mass is 10.2. The zero-order valence-corrected chi connectivity index (χ0v) is 18.0. The number of thiophene rings is 1. The Kier molecular flexibility index (Phi) is 6.84. The van der Waals surface area contributed by atoms with Crippen molar-refractivity contribution in [3.05, 3.63) is 75.2 Å². The number of rotatable bonds is 8. The van der Waals surface area contributed by atoms with E-state index in [4.69, 9.17) is 4.74 Å². The topological polar surface area (TPSA) is 77.4 Å². The van der Waals surface area contributed by atoms with Gasteiger partial charge in [-0.1, -0.05) is 0 Å². The smallest absolute Gasteiger partial charge is 0.338 e. The highest BCUT2D eigenvalue weighted by Crippen LogP contribution is 2.19. The van der Waals surface area contributed by atoms with E-state index in [2.05, 4.69) is 9.88 Å². The summed E-state index contributed by atoms with van der Waals surface area (Å²) in [6.45, 7) is 5.74. The molecule has 2 heterocycles. The molecule has 0 saturated heterocycles. The van der Waals surface area contributed by atoms with Crippen molar-refractivity contribution in [1.29, 1.82) is 0 Å². The van der Waals surface area contributed by atoms with E-state index in [0.29, 0.717) is 23.4 Å². The number of Topliss-reactive ketones (excluding diaryl/α,β-unsaturated/α-hetero) is 1. The summed E-state index contributed by atoms with van der Waals surface area (Å²) in [6.07, 6.45) is 0.657. The van der Waals surface area contributed by atoms with Crippen molar-refractivity contribution in [2.24, 2.45) is 0 Å². The molecule has 0 aliphatic heterocycles. The minimum Gasteiger partial charge on any atom is -0.454 e. The van der Waals surface area contributed by atoms with E-state index in [9.17, 15) is 14.4 Å². The molecule has 30 heavy (non-hydrogen) atoms. The van der Waals surface area contributed by atoms with Crippen molar-refractivity contribution in [1.82, 2.24) is 9.88 Å². The summed E-state index contributed by atoms with van der Waals surface area (Å²) in [5.41, 5.74) is 3.59. The zero-order chi connectivity index (χ0) is 21.7. The Morgan fingerprint density at radius 1 is 0.967 bits per heavy atom. The first-order chi connectivity index (χ1) is 14.3. The molecule has 0 unspecified atom stereocenters. The number of nitrogens with zero attached hydrogens (tertiary/aromatic N) is 1. The molecular weight excluding hydrogens is 400 g/mol. The van der Waals surface area contributed by atoms with Gasteiger partial charge in [0.25, 0.3) is 0 Å². The molecule has 3 rings (SSSR count). The van der Waals surface area contributed by atoms with Crippen LogP contribution in [0.2, 0.25) is 0 Å². The van der Waals surface area contributed by atoms with Crippen LogP contribution in [0.4, 0.5) is 0 Å².